The van der Waals surface area contributed by atoms with Crippen LogP contribution in [0.3, 0.4) is 0 Å². The highest BCUT2D eigenvalue weighted by Gasteiger charge is 2.01. The maximum Gasteiger partial charge on any atom is 0.315 e. The first-order valence-electron chi connectivity index (χ1n) is 7.84. The highest BCUT2D eigenvalue weighted by atomic mass is 19.1. The molecule has 25 heavy (non-hydrogen) atoms. The van der Waals surface area contributed by atoms with Gasteiger partial charge < -0.3 is 24.8 Å². The van der Waals surface area contributed by atoms with Crippen LogP contribution in [-0.4, -0.2) is 39.4 Å². The van der Waals surface area contributed by atoms with Gasteiger partial charge in [0.15, 0.2) is 0 Å². The molecule has 2 aromatic rings. The SMILES string of the molecule is COc1ccc(OCCNC(=O)NCCOc2cccc(F)c2)cc1. The number of halogens is 1. The summed E-state index contributed by atoms with van der Waals surface area (Å²) < 4.78 is 28.8. The summed E-state index contributed by atoms with van der Waals surface area (Å²) in [6, 6.07) is 12.7. The molecule has 2 amide bonds. The summed E-state index contributed by atoms with van der Waals surface area (Å²) in [7, 11) is 1.60. The Balaban J connectivity index is 1.53. The van der Waals surface area contributed by atoms with Gasteiger partial charge in [0, 0.05) is 6.07 Å². The molecule has 0 fully saturated rings. The van der Waals surface area contributed by atoms with Crippen LogP contribution in [0.5, 0.6) is 17.2 Å². The van der Waals surface area contributed by atoms with Crippen molar-refractivity contribution in [3.63, 3.8) is 0 Å². The Morgan fingerprint density at radius 1 is 0.920 bits per heavy atom. The molecule has 0 saturated heterocycles. The molecule has 0 heterocycles. The molecule has 0 aromatic heterocycles. The van der Waals surface area contributed by atoms with Gasteiger partial charge in [0.05, 0.1) is 20.2 Å². The molecule has 0 saturated carbocycles. The number of amides is 2. The van der Waals surface area contributed by atoms with E-state index >= 15 is 0 Å². The minimum absolute atomic E-state index is 0.249. The second-order valence-electron chi connectivity index (χ2n) is 5.01. The zero-order valence-corrected chi connectivity index (χ0v) is 14.0. The number of ether oxygens (including phenoxy) is 3. The molecular weight excluding hydrogens is 327 g/mol. The van der Waals surface area contributed by atoms with Crippen molar-refractivity contribution in [3.05, 3.63) is 54.3 Å². The molecule has 0 aliphatic carbocycles. The third-order valence-electron chi connectivity index (χ3n) is 3.17. The Morgan fingerprint density at radius 2 is 1.52 bits per heavy atom. The normalized spacial score (nSPS) is 10.0. The van der Waals surface area contributed by atoms with Crippen molar-refractivity contribution < 1.29 is 23.4 Å². The third kappa shape index (κ3) is 6.99. The number of benzene rings is 2. The van der Waals surface area contributed by atoms with Crippen LogP contribution in [0.25, 0.3) is 0 Å². The monoisotopic (exact) mass is 348 g/mol. The van der Waals surface area contributed by atoms with Gasteiger partial charge in [-0.15, -0.1) is 0 Å². The lowest BCUT2D eigenvalue weighted by Crippen LogP contribution is -2.39. The fraction of sp³-hybridized carbons (Fsp3) is 0.278. The lowest BCUT2D eigenvalue weighted by Gasteiger charge is -2.10. The van der Waals surface area contributed by atoms with Gasteiger partial charge in [0.25, 0.3) is 0 Å². The first-order valence-corrected chi connectivity index (χ1v) is 7.84. The van der Waals surface area contributed by atoms with E-state index in [-0.39, 0.29) is 18.5 Å². The number of urea groups is 1. The van der Waals surface area contributed by atoms with Crippen molar-refractivity contribution in [2.24, 2.45) is 0 Å². The minimum Gasteiger partial charge on any atom is -0.497 e. The Labute approximate surface area is 145 Å². The van der Waals surface area contributed by atoms with Gasteiger partial charge in [0.2, 0.25) is 0 Å². The van der Waals surface area contributed by atoms with Gasteiger partial charge in [0.1, 0.15) is 36.3 Å². The summed E-state index contributed by atoms with van der Waals surface area (Å²) >= 11 is 0. The highest BCUT2D eigenvalue weighted by molar-refractivity contribution is 5.73. The number of methoxy groups -OCH3 is 1. The number of hydrogen-bond donors (Lipinski definition) is 2. The molecule has 2 aromatic carbocycles. The molecule has 0 aliphatic rings. The van der Waals surface area contributed by atoms with Gasteiger partial charge >= 0.3 is 6.03 Å². The Kier molecular flexibility index (Phi) is 7.37. The number of carbonyl (C=O) groups excluding carboxylic acids is 1. The average Bonchev–Trinajstić information content (AvgIpc) is 2.63. The van der Waals surface area contributed by atoms with Crippen LogP contribution in [0.4, 0.5) is 9.18 Å². The van der Waals surface area contributed by atoms with Crippen LogP contribution in [0.1, 0.15) is 0 Å². The van der Waals surface area contributed by atoms with Crippen molar-refractivity contribution in [2.45, 2.75) is 0 Å². The average molecular weight is 348 g/mol. The molecule has 0 aliphatic heterocycles. The fourth-order valence-electron chi connectivity index (χ4n) is 1.96. The van der Waals surface area contributed by atoms with Crippen molar-refractivity contribution in [3.8, 4) is 17.2 Å². The van der Waals surface area contributed by atoms with Crippen LogP contribution in [0, 0.1) is 5.82 Å². The lowest BCUT2D eigenvalue weighted by atomic mass is 10.3. The van der Waals surface area contributed by atoms with Gasteiger partial charge in [-0.05, 0) is 36.4 Å². The van der Waals surface area contributed by atoms with Crippen LogP contribution >= 0.6 is 0 Å². The number of rotatable bonds is 9. The van der Waals surface area contributed by atoms with E-state index in [1.54, 1.807) is 43.5 Å². The molecule has 6 nitrogen and oxygen atoms in total. The van der Waals surface area contributed by atoms with E-state index in [0.717, 1.165) is 5.75 Å². The minimum atomic E-state index is -0.361. The van der Waals surface area contributed by atoms with Gasteiger partial charge in [-0.2, -0.15) is 0 Å². The topological polar surface area (TPSA) is 68.8 Å². The molecule has 2 rings (SSSR count). The predicted octanol–water partition coefficient (Wildman–Crippen LogP) is 2.59. The zero-order valence-electron chi connectivity index (χ0n) is 14.0. The number of nitrogens with one attached hydrogen (secondary N) is 2. The first-order chi connectivity index (χ1) is 12.2. The van der Waals surface area contributed by atoms with E-state index in [9.17, 15) is 9.18 Å². The molecule has 0 atom stereocenters. The van der Waals surface area contributed by atoms with Crippen molar-refractivity contribution >= 4 is 6.03 Å². The van der Waals surface area contributed by atoms with Gasteiger partial charge in [-0.1, -0.05) is 6.07 Å². The summed E-state index contributed by atoms with van der Waals surface area (Å²) in [6.07, 6.45) is 0. The van der Waals surface area contributed by atoms with Gasteiger partial charge in [-0.3, -0.25) is 0 Å². The van der Waals surface area contributed by atoms with Crippen LogP contribution in [0.2, 0.25) is 0 Å². The quantitative estimate of drug-likeness (QED) is 0.684. The summed E-state index contributed by atoms with van der Waals surface area (Å²) in [5.41, 5.74) is 0. The van der Waals surface area contributed by atoms with E-state index in [1.807, 2.05) is 0 Å². The van der Waals surface area contributed by atoms with E-state index in [2.05, 4.69) is 10.6 Å². The van der Waals surface area contributed by atoms with Gasteiger partial charge in [-0.25, -0.2) is 9.18 Å². The van der Waals surface area contributed by atoms with Crippen molar-refractivity contribution in [1.82, 2.24) is 10.6 Å². The van der Waals surface area contributed by atoms with E-state index < -0.39 is 0 Å². The van der Waals surface area contributed by atoms with Crippen LogP contribution in [-0.2, 0) is 0 Å². The largest absolute Gasteiger partial charge is 0.497 e. The molecule has 0 radical (unpaired) electrons. The summed E-state index contributed by atoms with van der Waals surface area (Å²) in [5, 5.41) is 5.31. The molecular formula is C18H21FN2O4. The highest BCUT2D eigenvalue weighted by Crippen LogP contribution is 2.16. The number of hydrogen-bond acceptors (Lipinski definition) is 4. The first kappa shape index (κ1) is 18.4. The summed E-state index contributed by atoms with van der Waals surface area (Å²) in [5.74, 6) is 1.52. The van der Waals surface area contributed by atoms with Crippen molar-refractivity contribution in [1.29, 1.82) is 0 Å². The Morgan fingerprint density at radius 3 is 2.12 bits per heavy atom. The molecule has 2 N–H and O–H groups in total. The van der Waals surface area contributed by atoms with E-state index in [4.69, 9.17) is 14.2 Å². The van der Waals surface area contributed by atoms with Crippen LogP contribution in [0.15, 0.2) is 48.5 Å². The maximum atomic E-state index is 13.0. The standard InChI is InChI=1S/C18H21FN2O4/c1-23-15-5-7-16(8-6-15)24-11-9-20-18(22)21-10-12-25-17-4-2-3-14(19)13-17/h2-8,13H,9-12H2,1H3,(H2,20,21,22). The fourth-order valence-corrected chi connectivity index (χ4v) is 1.96. The summed E-state index contributed by atoms with van der Waals surface area (Å²) in [6.45, 7) is 1.27. The second-order valence-corrected chi connectivity index (χ2v) is 5.01. The molecule has 134 valence electrons. The Hall–Kier alpha value is -2.96. The predicted molar refractivity (Wildman–Crippen MR) is 91.8 cm³/mol. The summed E-state index contributed by atoms with van der Waals surface area (Å²) in [4.78, 5) is 11.6. The molecule has 0 unspecified atom stereocenters. The second kappa shape index (κ2) is 10.0. The Bertz CT molecular complexity index is 664. The maximum absolute atomic E-state index is 13.0. The molecule has 7 heteroatoms. The molecule has 0 bridgehead atoms. The van der Waals surface area contributed by atoms with E-state index in [1.165, 1.54) is 12.1 Å². The number of carbonyl (C=O) groups is 1. The van der Waals surface area contributed by atoms with Crippen LogP contribution < -0.4 is 24.8 Å². The smallest absolute Gasteiger partial charge is 0.315 e. The third-order valence-corrected chi connectivity index (χ3v) is 3.17. The van der Waals surface area contributed by atoms with Crippen molar-refractivity contribution in [2.75, 3.05) is 33.4 Å². The molecule has 0 spiro atoms. The lowest BCUT2D eigenvalue weighted by molar-refractivity contribution is 0.232. The van der Waals surface area contributed by atoms with E-state index in [0.29, 0.717) is 31.2 Å². The zero-order chi connectivity index (χ0) is 17.9.